The van der Waals surface area contributed by atoms with Crippen LogP contribution in [0.2, 0.25) is 0 Å². The molecule has 0 radical (unpaired) electrons. The zero-order valence-electron chi connectivity index (χ0n) is 10.5. The van der Waals surface area contributed by atoms with Crippen molar-refractivity contribution in [2.75, 3.05) is 0 Å². The van der Waals surface area contributed by atoms with Crippen LogP contribution in [0.1, 0.15) is 11.1 Å². The average molecular weight is 283 g/mol. The van der Waals surface area contributed by atoms with Crippen LogP contribution in [0, 0.1) is 17.1 Å². The number of hydrogen-bond donors (Lipinski definition) is 0. The Morgan fingerprint density at radius 2 is 2.25 bits per heavy atom. The normalized spacial score (nSPS) is 10.4. The third-order valence-corrected chi connectivity index (χ3v) is 3.85. The van der Waals surface area contributed by atoms with E-state index in [1.165, 1.54) is 6.07 Å². The monoisotopic (exact) mass is 283 g/mol. The Kier molecular flexibility index (Phi) is 3.32. The highest BCUT2D eigenvalue weighted by atomic mass is 32.1. The smallest absolute Gasteiger partial charge is 0.150 e. The summed E-state index contributed by atoms with van der Waals surface area (Å²) in [4.78, 5) is 5.36. The summed E-state index contributed by atoms with van der Waals surface area (Å²) in [6.45, 7) is 0.394. The summed E-state index contributed by atoms with van der Waals surface area (Å²) in [5.41, 5.74) is 0.871. The van der Waals surface area contributed by atoms with Gasteiger partial charge in [-0.05, 0) is 23.6 Å². The Labute approximate surface area is 119 Å². The molecule has 0 atom stereocenters. The molecule has 0 N–H and O–H groups in total. The minimum atomic E-state index is -0.366. The second-order valence-electron chi connectivity index (χ2n) is 4.27. The third kappa shape index (κ3) is 2.33. The minimum absolute atomic E-state index is 0.329. The molecule has 0 amide bonds. The van der Waals surface area contributed by atoms with Crippen molar-refractivity contribution in [2.24, 2.45) is 0 Å². The number of aromatic nitrogens is 2. The number of benzene rings is 1. The Morgan fingerprint density at radius 3 is 2.95 bits per heavy atom. The van der Waals surface area contributed by atoms with E-state index in [1.807, 2.05) is 34.3 Å². The lowest BCUT2D eigenvalue weighted by atomic mass is 10.1. The molecule has 98 valence electrons. The summed E-state index contributed by atoms with van der Waals surface area (Å²) >= 11 is 1.60. The van der Waals surface area contributed by atoms with Gasteiger partial charge >= 0.3 is 0 Å². The van der Waals surface area contributed by atoms with E-state index in [4.69, 9.17) is 5.26 Å². The van der Waals surface area contributed by atoms with E-state index in [-0.39, 0.29) is 5.82 Å². The van der Waals surface area contributed by atoms with Gasteiger partial charge in [-0.1, -0.05) is 12.1 Å². The van der Waals surface area contributed by atoms with Crippen LogP contribution in [-0.4, -0.2) is 9.55 Å². The molecule has 0 unspecified atom stereocenters. The van der Waals surface area contributed by atoms with Gasteiger partial charge in [0.15, 0.2) is 0 Å². The van der Waals surface area contributed by atoms with E-state index < -0.39 is 0 Å². The number of rotatable bonds is 3. The van der Waals surface area contributed by atoms with Crippen LogP contribution in [-0.2, 0) is 6.54 Å². The zero-order valence-corrected chi connectivity index (χ0v) is 11.3. The van der Waals surface area contributed by atoms with Gasteiger partial charge in [0.25, 0.3) is 0 Å². The van der Waals surface area contributed by atoms with Crippen molar-refractivity contribution in [3.05, 3.63) is 65.0 Å². The molecule has 0 aliphatic heterocycles. The molecule has 0 fully saturated rings. The van der Waals surface area contributed by atoms with Crippen LogP contribution < -0.4 is 0 Å². The molecule has 0 bridgehead atoms. The first-order chi connectivity index (χ1) is 9.78. The fourth-order valence-electron chi connectivity index (χ4n) is 2.00. The van der Waals surface area contributed by atoms with E-state index in [1.54, 1.807) is 29.7 Å². The standard InChI is InChI=1S/C15H10FN3S/c16-13-8-11(9-17)3-4-12(13)10-19-6-5-18-15(19)14-2-1-7-20-14/h1-8H,10H2. The number of thiophene rings is 1. The summed E-state index contributed by atoms with van der Waals surface area (Å²) in [6.07, 6.45) is 3.53. The van der Waals surface area contributed by atoms with Crippen LogP contribution in [0.5, 0.6) is 0 Å². The Hall–Kier alpha value is -2.45. The largest absolute Gasteiger partial charge is 0.326 e. The second-order valence-corrected chi connectivity index (χ2v) is 5.22. The summed E-state index contributed by atoms with van der Waals surface area (Å²) in [7, 11) is 0. The van der Waals surface area contributed by atoms with Crippen LogP contribution in [0.15, 0.2) is 48.1 Å². The van der Waals surface area contributed by atoms with Crippen LogP contribution in [0.4, 0.5) is 4.39 Å². The molecule has 0 spiro atoms. The number of nitriles is 1. The summed E-state index contributed by atoms with van der Waals surface area (Å²) in [5, 5.41) is 10.7. The fourth-order valence-corrected chi connectivity index (χ4v) is 2.73. The predicted molar refractivity (Wildman–Crippen MR) is 75.8 cm³/mol. The topological polar surface area (TPSA) is 41.6 Å². The summed E-state index contributed by atoms with van der Waals surface area (Å²) in [5.74, 6) is 0.457. The Balaban J connectivity index is 1.93. The Morgan fingerprint density at radius 1 is 1.35 bits per heavy atom. The van der Waals surface area contributed by atoms with E-state index in [9.17, 15) is 4.39 Å². The summed E-state index contributed by atoms with van der Waals surface area (Å²) in [6, 6.07) is 10.4. The molecule has 0 saturated carbocycles. The van der Waals surface area contributed by atoms with Crippen molar-refractivity contribution < 1.29 is 4.39 Å². The first kappa shape index (κ1) is 12.6. The molecule has 3 nitrogen and oxygen atoms in total. The van der Waals surface area contributed by atoms with E-state index in [2.05, 4.69) is 4.98 Å². The molecule has 2 heterocycles. The van der Waals surface area contributed by atoms with Crippen molar-refractivity contribution in [3.8, 4) is 16.8 Å². The van der Waals surface area contributed by atoms with Gasteiger partial charge in [0.2, 0.25) is 0 Å². The van der Waals surface area contributed by atoms with Gasteiger partial charge in [-0.3, -0.25) is 0 Å². The molecule has 0 aliphatic carbocycles. The molecule has 5 heteroatoms. The van der Waals surface area contributed by atoms with Gasteiger partial charge in [0.1, 0.15) is 11.6 Å². The highest BCUT2D eigenvalue weighted by molar-refractivity contribution is 7.13. The molecule has 0 saturated heterocycles. The molecule has 1 aromatic carbocycles. The van der Waals surface area contributed by atoms with E-state index in [0.717, 1.165) is 10.7 Å². The van der Waals surface area contributed by atoms with Gasteiger partial charge in [-0.15, -0.1) is 11.3 Å². The molecule has 3 aromatic rings. The lowest BCUT2D eigenvalue weighted by molar-refractivity contribution is 0.600. The quantitative estimate of drug-likeness (QED) is 0.736. The maximum Gasteiger partial charge on any atom is 0.150 e. The molecule has 0 aliphatic rings. The van der Waals surface area contributed by atoms with Crippen molar-refractivity contribution in [1.82, 2.24) is 9.55 Å². The van der Waals surface area contributed by atoms with Gasteiger partial charge < -0.3 is 4.57 Å². The average Bonchev–Trinajstić information content (AvgIpc) is 3.11. The molecule has 20 heavy (non-hydrogen) atoms. The van der Waals surface area contributed by atoms with E-state index in [0.29, 0.717) is 17.7 Å². The van der Waals surface area contributed by atoms with Crippen LogP contribution >= 0.6 is 11.3 Å². The first-order valence-electron chi connectivity index (χ1n) is 6.01. The fraction of sp³-hybridized carbons (Fsp3) is 0.0667. The highest BCUT2D eigenvalue weighted by Gasteiger charge is 2.10. The zero-order chi connectivity index (χ0) is 13.9. The predicted octanol–water partition coefficient (Wildman–Crippen LogP) is 3.67. The Bertz CT molecular complexity index is 769. The van der Waals surface area contributed by atoms with E-state index >= 15 is 0 Å². The van der Waals surface area contributed by atoms with Gasteiger partial charge in [0, 0.05) is 18.0 Å². The molecule has 3 rings (SSSR count). The van der Waals surface area contributed by atoms with Crippen molar-refractivity contribution in [1.29, 1.82) is 5.26 Å². The van der Waals surface area contributed by atoms with Crippen molar-refractivity contribution in [3.63, 3.8) is 0 Å². The lowest BCUT2D eigenvalue weighted by Crippen LogP contribution is -2.02. The number of imidazole rings is 1. The maximum absolute atomic E-state index is 13.9. The first-order valence-corrected chi connectivity index (χ1v) is 6.89. The number of hydrogen-bond acceptors (Lipinski definition) is 3. The van der Waals surface area contributed by atoms with Crippen molar-refractivity contribution in [2.45, 2.75) is 6.54 Å². The molecular formula is C15H10FN3S. The SMILES string of the molecule is N#Cc1ccc(Cn2ccnc2-c2cccs2)c(F)c1. The molecule has 2 aromatic heterocycles. The third-order valence-electron chi connectivity index (χ3n) is 2.98. The van der Waals surface area contributed by atoms with Crippen LogP contribution in [0.25, 0.3) is 10.7 Å². The highest BCUT2D eigenvalue weighted by Crippen LogP contribution is 2.24. The van der Waals surface area contributed by atoms with Gasteiger partial charge in [-0.25, -0.2) is 9.37 Å². The van der Waals surface area contributed by atoms with Gasteiger partial charge in [0.05, 0.1) is 23.1 Å². The number of nitrogens with zero attached hydrogens (tertiary/aromatic N) is 3. The minimum Gasteiger partial charge on any atom is -0.326 e. The van der Waals surface area contributed by atoms with Crippen LogP contribution in [0.3, 0.4) is 0 Å². The lowest BCUT2D eigenvalue weighted by Gasteiger charge is -2.08. The van der Waals surface area contributed by atoms with Gasteiger partial charge in [-0.2, -0.15) is 5.26 Å². The number of halogens is 1. The van der Waals surface area contributed by atoms with Crippen molar-refractivity contribution >= 4 is 11.3 Å². The maximum atomic E-state index is 13.9. The summed E-state index contributed by atoms with van der Waals surface area (Å²) < 4.78 is 15.8. The molecular weight excluding hydrogens is 273 g/mol. The second kappa shape index (κ2) is 5.27.